The number of hydrogen-bond donors (Lipinski definition) is 1. The van der Waals surface area contributed by atoms with Gasteiger partial charge in [-0.2, -0.15) is 0 Å². The second-order valence-corrected chi connectivity index (χ2v) is 13.1. The molecule has 0 radical (unpaired) electrons. The molecule has 2 atom stereocenters. The minimum absolute atomic E-state index is 0.0106. The maximum Gasteiger partial charge on any atom is 0.244 e. The number of anilines is 1. The van der Waals surface area contributed by atoms with Crippen molar-refractivity contribution >= 4 is 62.3 Å². The number of carbonyl (C=O) groups is 2. The monoisotopic (exact) mass is 637 g/mol. The minimum atomic E-state index is -4.01. The Morgan fingerprint density at radius 3 is 2.15 bits per heavy atom. The zero-order chi connectivity index (χ0) is 30.3. The molecule has 0 heterocycles. The van der Waals surface area contributed by atoms with E-state index in [2.05, 4.69) is 5.32 Å². The van der Waals surface area contributed by atoms with Crippen LogP contribution in [0.5, 0.6) is 0 Å². The molecule has 3 aromatic carbocycles. The van der Waals surface area contributed by atoms with E-state index in [0.717, 1.165) is 27.3 Å². The van der Waals surface area contributed by atoms with Crippen LogP contribution < -0.4 is 9.62 Å². The molecule has 3 aromatic rings. The number of aryl methyl sites for hydroxylation is 1. The molecule has 3 rings (SSSR count). The number of nitrogens with zero attached hydrogens (tertiary/aromatic N) is 2. The molecule has 0 saturated carbocycles. The van der Waals surface area contributed by atoms with E-state index < -0.39 is 28.5 Å². The highest BCUT2D eigenvalue weighted by molar-refractivity contribution is 7.92. The highest BCUT2D eigenvalue weighted by atomic mass is 35.5. The van der Waals surface area contributed by atoms with Crippen LogP contribution in [0.15, 0.2) is 66.7 Å². The molecular weight excluding hydrogens is 605 g/mol. The van der Waals surface area contributed by atoms with Crippen molar-refractivity contribution in [1.29, 1.82) is 0 Å². The van der Waals surface area contributed by atoms with Crippen LogP contribution in [-0.2, 0) is 32.6 Å². The predicted molar refractivity (Wildman–Crippen MR) is 167 cm³/mol. The number of carbonyl (C=O) groups excluding carboxylic acids is 2. The number of nitrogens with one attached hydrogen (secondary N) is 1. The molecule has 0 aliphatic heterocycles. The molecule has 0 fully saturated rings. The Morgan fingerprint density at radius 1 is 0.927 bits per heavy atom. The second-order valence-electron chi connectivity index (χ2n) is 9.96. The standard InChI is InChI=1S/C30H34Cl3N3O4S/c1-5-21(3)34-30(38)28(15-22-12-7-6-8-13-22)35(18-23-14-10-9-11-20(23)2)29(37)19-36(41(4,39)40)27-17-25(32)24(31)16-26(27)33/h6-14,16-17,21,28H,5,15,18-19H2,1-4H3,(H,34,38)/t21-,28-/m1/s1. The van der Waals surface area contributed by atoms with Crippen molar-refractivity contribution in [1.82, 2.24) is 10.2 Å². The van der Waals surface area contributed by atoms with Gasteiger partial charge in [-0.15, -0.1) is 0 Å². The van der Waals surface area contributed by atoms with Crippen LogP contribution in [0.1, 0.15) is 37.0 Å². The molecule has 0 aliphatic carbocycles. The molecule has 0 unspecified atom stereocenters. The molecule has 0 spiro atoms. The number of amides is 2. The van der Waals surface area contributed by atoms with Gasteiger partial charge in [0.25, 0.3) is 0 Å². The summed E-state index contributed by atoms with van der Waals surface area (Å²) in [7, 11) is -4.01. The van der Waals surface area contributed by atoms with E-state index in [-0.39, 0.29) is 45.7 Å². The van der Waals surface area contributed by atoms with Gasteiger partial charge in [-0.3, -0.25) is 13.9 Å². The Kier molecular flexibility index (Phi) is 11.5. The average Bonchev–Trinajstić information content (AvgIpc) is 2.92. The Morgan fingerprint density at radius 2 is 1.54 bits per heavy atom. The molecule has 2 amide bonds. The lowest BCUT2D eigenvalue weighted by Crippen LogP contribution is -2.54. The highest BCUT2D eigenvalue weighted by Crippen LogP contribution is 2.35. The van der Waals surface area contributed by atoms with E-state index in [9.17, 15) is 18.0 Å². The van der Waals surface area contributed by atoms with E-state index >= 15 is 0 Å². The lowest BCUT2D eigenvalue weighted by Gasteiger charge is -2.34. The van der Waals surface area contributed by atoms with Crippen molar-refractivity contribution in [3.05, 3.63) is 98.5 Å². The second kappa shape index (κ2) is 14.4. The Hall–Kier alpha value is -2.78. The Balaban J connectivity index is 2.11. The third-order valence-corrected chi connectivity index (χ3v) is 8.96. The van der Waals surface area contributed by atoms with Crippen LogP contribution in [-0.4, -0.2) is 50.0 Å². The molecule has 7 nitrogen and oxygen atoms in total. The van der Waals surface area contributed by atoms with Crippen LogP contribution >= 0.6 is 34.8 Å². The van der Waals surface area contributed by atoms with Crippen LogP contribution in [0, 0.1) is 6.92 Å². The lowest BCUT2D eigenvalue weighted by atomic mass is 10.0. The fourth-order valence-electron chi connectivity index (χ4n) is 4.26. The molecule has 0 aliphatic rings. The third-order valence-electron chi connectivity index (χ3n) is 6.81. The smallest absolute Gasteiger partial charge is 0.244 e. The first kappa shape index (κ1) is 32.7. The summed E-state index contributed by atoms with van der Waals surface area (Å²) in [6, 6.07) is 18.5. The SMILES string of the molecule is CC[C@@H](C)NC(=O)[C@@H](Cc1ccccc1)N(Cc1ccccc1C)C(=O)CN(c1cc(Cl)c(Cl)cc1Cl)S(C)(=O)=O. The van der Waals surface area contributed by atoms with Gasteiger partial charge >= 0.3 is 0 Å². The van der Waals surface area contributed by atoms with Crippen LogP contribution in [0.2, 0.25) is 15.1 Å². The highest BCUT2D eigenvalue weighted by Gasteiger charge is 2.34. The summed E-state index contributed by atoms with van der Waals surface area (Å²) in [5.74, 6) is -0.912. The van der Waals surface area contributed by atoms with E-state index in [1.165, 1.54) is 17.0 Å². The minimum Gasteiger partial charge on any atom is -0.352 e. The van der Waals surface area contributed by atoms with E-state index in [1.807, 2.05) is 75.4 Å². The van der Waals surface area contributed by atoms with Crippen LogP contribution in [0.3, 0.4) is 0 Å². The number of halogens is 3. The van der Waals surface area contributed by atoms with Crippen molar-refractivity contribution in [2.75, 3.05) is 17.1 Å². The summed E-state index contributed by atoms with van der Waals surface area (Å²) < 4.78 is 26.8. The number of rotatable bonds is 12. The van der Waals surface area contributed by atoms with Crippen molar-refractivity contribution in [3.63, 3.8) is 0 Å². The summed E-state index contributed by atoms with van der Waals surface area (Å²) in [6.45, 7) is 5.25. The van der Waals surface area contributed by atoms with E-state index in [1.54, 1.807) is 0 Å². The lowest BCUT2D eigenvalue weighted by molar-refractivity contribution is -0.140. The molecule has 11 heteroatoms. The van der Waals surface area contributed by atoms with Crippen molar-refractivity contribution in [3.8, 4) is 0 Å². The normalized spacial score (nSPS) is 12.9. The number of hydrogen-bond acceptors (Lipinski definition) is 4. The fourth-order valence-corrected chi connectivity index (χ4v) is 5.81. The van der Waals surface area contributed by atoms with Gasteiger partial charge < -0.3 is 10.2 Å². The molecule has 1 N–H and O–H groups in total. The molecule has 220 valence electrons. The van der Waals surface area contributed by atoms with Crippen LogP contribution in [0.4, 0.5) is 5.69 Å². The van der Waals surface area contributed by atoms with Crippen molar-refractivity contribution in [2.24, 2.45) is 0 Å². The van der Waals surface area contributed by atoms with Gasteiger partial charge in [0.2, 0.25) is 21.8 Å². The fraction of sp³-hybridized carbons (Fsp3) is 0.333. The van der Waals surface area contributed by atoms with Gasteiger partial charge in [0, 0.05) is 19.0 Å². The first-order valence-corrected chi connectivity index (χ1v) is 16.1. The molecule has 0 saturated heterocycles. The molecule has 0 bridgehead atoms. The Bertz CT molecular complexity index is 1490. The zero-order valence-electron chi connectivity index (χ0n) is 23.4. The maximum atomic E-state index is 14.2. The van der Waals surface area contributed by atoms with Crippen molar-refractivity contribution in [2.45, 2.75) is 52.2 Å². The summed E-state index contributed by atoms with van der Waals surface area (Å²) in [5, 5.41) is 3.24. The van der Waals surface area contributed by atoms with E-state index in [4.69, 9.17) is 34.8 Å². The number of benzene rings is 3. The molecule has 0 aromatic heterocycles. The number of sulfonamides is 1. The predicted octanol–water partition coefficient (Wildman–Crippen LogP) is 6.28. The summed E-state index contributed by atoms with van der Waals surface area (Å²) in [6.07, 6.45) is 1.91. The van der Waals surface area contributed by atoms with E-state index in [0.29, 0.717) is 6.42 Å². The summed E-state index contributed by atoms with van der Waals surface area (Å²) in [5.41, 5.74) is 2.62. The third kappa shape index (κ3) is 8.85. The average molecular weight is 639 g/mol. The molecule has 41 heavy (non-hydrogen) atoms. The topological polar surface area (TPSA) is 86.8 Å². The van der Waals surface area contributed by atoms with Crippen LogP contribution in [0.25, 0.3) is 0 Å². The summed E-state index contributed by atoms with van der Waals surface area (Å²) in [4.78, 5) is 29.4. The van der Waals surface area contributed by atoms with Gasteiger partial charge in [0.15, 0.2) is 0 Å². The first-order chi connectivity index (χ1) is 19.3. The van der Waals surface area contributed by atoms with Gasteiger partial charge in [-0.1, -0.05) is 96.3 Å². The first-order valence-electron chi connectivity index (χ1n) is 13.1. The van der Waals surface area contributed by atoms with Gasteiger partial charge in [0.1, 0.15) is 12.6 Å². The van der Waals surface area contributed by atoms with Gasteiger partial charge in [0.05, 0.1) is 27.0 Å². The summed E-state index contributed by atoms with van der Waals surface area (Å²) >= 11 is 18.6. The zero-order valence-corrected chi connectivity index (χ0v) is 26.5. The maximum absolute atomic E-state index is 14.2. The largest absolute Gasteiger partial charge is 0.352 e. The quantitative estimate of drug-likeness (QED) is 0.237. The van der Waals surface area contributed by atoms with Crippen molar-refractivity contribution < 1.29 is 18.0 Å². The Labute approximate surface area is 257 Å². The van der Waals surface area contributed by atoms with Gasteiger partial charge in [-0.05, 0) is 49.1 Å². The van der Waals surface area contributed by atoms with Gasteiger partial charge in [-0.25, -0.2) is 8.42 Å². The molecular formula is C30H34Cl3N3O4S.